The molecule has 0 radical (unpaired) electrons. The van der Waals surface area contributed by atoms with E-state index in [1.807, 2.05) is 0 Å². The second-order valence-corrected chi connectivity index (χ2v) is 2.90. The standard InChI is InChI=1S/C10H9FN4/c11-9-2-1-3-10(15-9)14-7-8-6-12-4-5-13-8/h1-6H,7H2,(H,14,15). The fourth-order valence-corrected chi connectivity index (χ4v) is 1.11. The lowest BCUT2D eigenvalue weighted by Crippen LogP contribution is -2.03. The van der Waals surface area contributed by atoms with E-state index in [0.29, 0.717) is 12.4 Å². The lowest BCUT2D eigenvalue weighted by atomic mass is 10.4. The molecule has 0 atom stereocenters. The van der Waals surface area contributed by atoms with E-state index < -0.39 is 5.95 Å². The third kappa shape index (κ3) is 2.70. The largest absolute Gasteiger partial charge is 0.364 e. The zero-order valence-corrected chi connectivity index (χ0v) is 7.89. The number of hydrogen-bond acceptors (Lipinski definition) is 4. The van der Waals surface area contributed by atoms with Crippen molar-refractivity contribution in [2.45, 2.75) is 6.54 Å². The lowest BCUT2D eigenvalue weighted by Gasteiger charge is -2.03. The highest BCUT2D eigenvalue weighted by molar-refractivity contribution is 5.33. The van der Waals surface area contributed by atoms with Crippen molar-refractivity contribution in [3.63, 3.8) is 0 Å². The van der Waals surface area contributed by atoms with E-state index >= 15 is 0 Å². The molecule has 5 heteroatoms. The van der Waals surface area contributed by atoms with Gasteiger partial charge in [0.1, 0.15) is 5.82 Å². The predicted octanol–water partition coefficient (Wildman–Crippen LogP) is 1.62. The summed E-state index contributed by atoms with van der Waals surface area (Å²) in [6.07, 6.45) is 4.85. The molecule has 0 spiro atoms. The Hall–Kier alpha value is -2.04. The molecule has 2 heterocycles. The van der Waals surface area contributed by atoms with Gasteiger partial charge in [-0.25, -0.2) is 4.98 Å². The number of aromatic nitrogens is 3. The summed E-state index contributed by atoms with van der Waals surface area (Å²) in [4.78, 5) is 11.6. The van der Waals surface area contributed by atoms with E-state index in [0.717, 1.165) is 5.69 Å². The summed E-state index contributed by atoms with van der Waals surface area (Å²) in [6.45, 7) is 0.476. The fourth-order valence-electron chi connectivity index (χ4n) is 1.11. The van der Waals surface area contributed by atoms with E-state index in [1.165, 1.54) is 6.07 Å². The molecule has 0 aliphatic rings. The molecular formula is C10H9FN4. The van der Waals surface area contributed by atoms with E-state index in [2.05, 4.69) is 20.3 Å². The number of halogens is 1. The van der Waals surface area contributed by atoms with Crippen LogP contribution >= 0.6 is 0 Å². The quantitative estimate of drug-likeness (QED) is 0.772. The van der Waals surface area contributed by atoms with Gasteiger partial charge in [0, 0.05) is 12.4 Å². The fraction of sp³-hybridized carbons (Fsp3) is 0.100. The topological polar surface area (TPSA) is 50.7 Å². The van der Waals surface area contributed by atoms with Crippen LogP contribution in [0.1, 0.15) is 5.69 Å². The molecule has 0 aliphatic carbocycles. The zero-order chi connectivity index (χ0) is 10.5. The van der Waals surface area contributed by atoms with Gasteiger partial charge in [0.05, 0.1) is 18.4 Å². The van der Waals surface area contributed by atoms with Gasteiger partial charge in [0.2, 0.25) is 5.95 Å². The van der Waals surface area contributed by atoms with Crippen LogP contribution in [0.2, 0.25) is 0 Å². The number of nitrogens with zero attached hydrogens (tertiary/aromatic N) is 3. The van der Waals surface area contributed by atoms with Gasteiger partial charge in [-0.05, 0) is 12.1 Å². The molecule has 4 nitrogen and oxygen atoms in total. The maximum Gasteiger partial charge on any atom is 0.214 e. The first-order chi connectivity index (χ1) is 7.34. The van der Waals surface area contributed by atoms with Crippen LogP contribution in [0.4, 0.5) is 10.2 Å². The van der Waals surface area contributed by atoms with Crippen molar-refractivity contribution in [2.24, 2.45) is 0 Å². The SMILES string of the molecule is Fc1cccc(NCc2cnccn2)n1. The maximum absolute atomic E-state index is 12.7. The van der Waals surface area contributed by atoms with Gasteiger partial charge < -0.3 is 5.32 Å². The summed E-state index contributed by atoms with van der Waals surface area (Å²) in [5.41, 5.74) is 0.781. The highest BCUT2D eigenvalue weighted by Crippen LogP contribution is 2.04. The van der Waals surface area contributed by atoms with Crippen molar-refractivity contribution in [3.8, 4) is 0 Å². The third-order valence-corrected chi connectivity index (χ3v) is 1.78. The minimum Gasteiger partial charge on any atom is -0.364 e. The molecule has 15 heavy (non-hydrogen) atoms. The van der Waals surface area contributed by atoms with Gasteiger partial charge in [-0.2, -0.15) is 4.39 Å². The summed E-state index contributed by atoms with van der Waals surface area (Å²) in [6, 6.07) is 4.59. The maximum atomic E-state index is 12.7. The van der Waals surface area contributed by atoms with Gasteiger partial charge in [-0.3, -0.25) is 9.97 Å². The summed E-state index contributed by atoms with van der Waals surface area (Å²) in [5.74, 6) is -0.0141. The molecule has 0 fully saturated rings. The highest BCUT2D eigenvalue weighted by Gasteiger charge is 1.97. The molecule has 76 valence electrons. The van der Waals surface area contributed by atoms with Gasteiger partial charge in [-0.1, -0.05) is 6.07 Å². The third-order valence-electron chi connectivity index (χ3n) is 1.78. The first kappa shape index (κ1) is 9.51. The minimum absolute atomic E-state index is 0.476. The molecule has 2 aromatic heterocycles. The van der Waals surface area contributed by atoms with Crippen LogP contribution < -0.4 is 5.32 Å². The molecule has 0 amide bonds. The molecule has 0 bridgehead atoms. The number of anilines is 1. The molecule has 1 N–H and O–H groups in total. The summed E-state index contributed by atoms with van der Waals surface area (Å²) in [7, 11) is 0. The molecule has 0 saturated heterocycles. The Labute approximate surface area is 86.2 Å². The number of rotatable bonds is 3. The van der Waals surface area contributed by atoms with Crippen molar-refractivity contribution in [1.82, 2.24) is 15.0 Å². The number of nitrogens with one attached hydrogen (secondary N) is 1. The Kier molecular flexibility index (Phi) is 2.82. The zero-order valence-electron chi connectivity index (χ0n) is 7.89. The average molecular weight is 204 g/mol. The van der Waals surface area contributed by atoms with Crippen molar-refractivity contribution in [1.29, 1.82) is 0 Å². The number of hydrogen-bond donors (Lipinski definition) is 1. The van der Waals surface area contributed by atoms with Crippen LogP contribution in [0.3, 0.4) is 0 Å². The molecular weight excluding hydrogens is 195 g/mol. The summed E-state index contributed by atoms with van der Waals surface area (Å²) < 4.78 is 12.7. The van der Waals surface area contributed by atoms with Crippen molar-refractivity contribution < 1.29 is 4.39 Å². The Morgan fingerprint density at radius 3 is 2.93 bits per heavy atom. The first-order valence-electron chi connectivity index (χ1n) is 4.46. The Balaban J connectivity index is 1.99. The van der Waals surface area contributed by atoms with Crippen molar-refractivity contribution in [2.75, 3.05) is 5.32 Å². The molecule has 0 unspecified atom stereocenters. The monoisotopic (exact) mass is 204 g/mol. The second-order valence-electron chi connectivity index (χ2n) is 2.90. The van der Waals surface area contributed by atoms with Crippen LogP contribution in [0.25, 0.3) is 0 Å². The summed E-state index contributed by atoms with van der Waals surface area (Å²) in [5, 5.41) is 2.95. The molecule has 2 aromatic rings. The highest BCUT2D eigenvalue weighted by atomic mass is 19.1. The van der Waals surface area contributed by atoms with Gasteiger partial charge in [-0.15, -0.1) is 0 Å². The van der Waals surface area contributed by atoms with Gasteiger partial charge in [0.25, 0.3) is 0 Å². The van der Waals surface area contributed by atoms with Crippen LogP contribution in [0.5, 0.6) is 0 Å². The second kappa shape index (κ2) is 4.45. The lowest BCUT2D eigenvalue weighted by molar-refractivity contribution is 0.585. The van der Waals surface area contributed by atoms with Crippen LogP contribution in [-0.2, 0) is 6.54 Å². The van der Waals surface area contributed by atoms with E-state index in [1.54, 1.807) is 30.7 Å². The number of pyridine rings is 1. The van der Waals surface area contributed by atoms with Crippen LogP contribution in [0, 0.1) is 5.95 Å². The van der Waals surface area contributed by atoms with Crippen molar-refractivity contribution >= 4 is 5.82 Å². The van der Waals surface area contributed by atoms with E-state index in [4.69, 9.17) is 0 Å². The first-order valence-corrected chi connectivity index (χ1v) is 4.46. The Morgan fingerprint density at radius 1 is 1.27 bits per heavy atom. The van der Waals surface area contributed by atoms with E-state index in [9.17, 15) is 4.39 Å². The molecule has 2 rings (SSSR count). The van der Waals surface area contributed by atoms with Gasteiger partial charge >= 0.3 is 0 Å². The average Bonchev–Trinajstić information content (AvgIpc) is 2.28. The predicted molar refractivity (Wildman–Crippen MR) is 53.6 cm³/mol. The molecule has 0 aliphatic heterocycles. The van der Waals surface area contributed by atoms with Crippen LogP contribution in [-0.4, -0.2) is 15.0 Å². The van der Waals surface area contributed by atoms with E-state index in [-0.39, 0.29) is 0 Å². The van der Waals surface area contributed by atoms with Crippen molar-refractivity contribution in [3.05, 3.63) is 48.4 Å². The smallest absolute Gasteiger partial charge is 0.214 e. The summed E-state index contributed by atoms with van der Waals surface area (Å²) >= 11 is 0. The molecule has 0 saturated carbocycles. The Bertz CT molecular complexity index is 432. The molecule has 0 aromatic carbocycles. The normalized spacial score (nSPS) is 9.93. The van der Waals surface area contributed by atoms with Gasteiger partial charge in [0.15, 0.2) is 0 Å². The van der Waals surface area contributed by atoms with Crippen LogP contribution in [0.15, 0.2) is 36.8 Å². The minimum atomic E-state index is -0.501. The Morgan fingerprint density at radius 2 is 2.20 bits per heavy atom.